The Hall–Kier alpha value is -1.62. The standard InChI is InChI=1S/C14H22N2O3/c1-4-7-15-13-8-12(10-19-9-11(2)3)5-6-14(13)16(17)18/h5-6,8,11,15H,4,7,9-10H2,1-3H3. The van der Waals surface area contributed by atoms with Crippen molar-refractivity contribution in [2.45, 2.75) is 33.8 Å². The third-order valence-electron chi connectivity index (χ3n) is 2.54. The fourth-order valence-corrected chi connectivity index (χ4v) is 1.65. The Balaban J connectivity index is 2.76. The molecular formula is C14H22N2O3. The van der Waals surface area contributed by atoms with Crippen LogP contribution in [-0.2, 0) is 11.3 Å². The van der Waals surface area contributed by atoms with E-state index in [1.165, 1.54) is 6.07 Å². The van der Waals surface area contributed by atoms with Crippen molar-refractivity contribution >= 4 is 11.4 Å². The van der Waals surface area contributed by atoms with Gasteiger partial charge in [0, 0.05) is 19.2 Å². The summed E-state index contributed by atoms with van der Waals surface area (Å²) >= 11 is 0. The van der Waals surface area contributed by atoms with Crippen LogP contribution in [0.25, 0.3) is 0 Å². The van der Waals surface area contributed by atoms with Gasteiger partial charge in [-0.05, 0) is 30.0 Å². The van der Waals surface area contributed by atoms with Crippen LogP contribution >= 0.6 is 0 Å². The molecule has 0 radical (unpaired) electrons. The molecule has 0 saturated carbocycles. The van der Waals surface area contributed by atoms with Crippen molar-refractivity contribution in [1.29, 1.82) is 0 Å². The summed E-state index contributed by atoms with van der Waals surface area (Å²) in [6.45, 7) is 8.09. The summed E-state index contributed by atoms with van der Waals surface area (Å²) in [5.74, 6) is 0.482. The Bertz CT molecular complexity index is 419. The Labute approximate surface area is 114 Å². The van der Waals surface area contributed by atoms with Crippen LogP contribution in [0.1, 0.15) is 32.8 Å². The Kier molecular flexibility index (Phi) is 6.29. The molecule has 5 nitrogen and oxygen atoms in total. The van der Waals surface area contributed by atoms with Crippen LogP contribution in [0.4, 0.5) is 11.4 Å². The van der Waals surface area contributed by atoms with Gasteiger partial charge in [0.2, 0.25) is 0 Å². The zero-order chi connectivity index (χ0) is 14.3. The lowest BCUT2D eigenvalue weighted by atomic mass is 10.1. The van der Waals surface area contributed by atoms with Crippen LogP contribution in [-0.4, -0.2) is 18.1 Å². The number of ether oxygens (including phenoxy) is 1. The van der Waals surface area contributed by atoms with Gasteiger partial charge in [-0.1, -0.05) is 20.8 Å². The molecule has 0 fully saturated rings. The fraction of sp³-hybridized carbons (Fsp3) is 0.571. The number of hydrogen-bond donors (Lipinski definition) is 1. The summed E-state index contributed by atoms with van der Waals surface area (Å²) in [7, 11) is 0. The predicted octanol–water partition coefficient (Wildman–Crippen LogP) is 3.59. The molecule has 0 spiro atoms. The van der Waals surface area contributed by atoms with Crippen molar-refractivity contribution in [2.75, 3.05) is 18.5 Å². The number of hydrogen-bond acceptors (Lipinski definition) is 4. The van der Waals surface area contributed by atoms with Crippen LogP contribution in [0, 0.1) is 16.0 Å². The fourth-order valence-electron chi connectivity index (χ4n) is 1.65. The minimum Gasteiger partial charge on any atom is -0.379 e. The first-order chi connectivity index (χ1) is 9.04. The van der Waals surface area contributed by atoms with Crippen LogP contribution < -0.4 is 5.32 Å². The number of anilines is 1. The summed E-state index contributed by atoms with van der Waals surface area (Å²) < 4.78 is 5.54. The van der Waals surface area contributed by atoms with Crippen LogP contribution in [0.3, 0.4) is 0 Å². The SMILES string of the molecule is CCCNc1cc(COCC(C)C)ccc1[N+](=O)[O-]. The van der Waals surface area contributed by atoms with Crippen molar-refractivity contribution in [3.8, 4) is 0 Å². The van der Waals surface area contributed by atoms with E-state index in [0.29, 0.717) is 24.8 Å². The summed E-state index contributed by atoms with van der Waals surface area (Å²) in [6.07, 6.45) is 0.922. The van der Waals surface area contributed by atoms with E-state index in [0.717, 1.165) is 18.5 Å². The van der Waals surface area contributed by atoms with Gasteiger partial charge in [-0.3, -0.25) is 10.1 Å². The van der Waals surface area contributed by atoms with Crippen LogP contribution in [0.2, 0.25) is 0 Å². The van der Waals surface area contributed by atoms with Gasteiger partial charge < -0.3 is 10.1 Å². The van der Waals surface area contributed by atoms with Gasteiger partial charge in [0.15, 0.2) is 0 Å². The van der Waals surface area contributed by atoms with Crippen molar-refractivity contribution in [1.82, 2.24) is 0 Å². The Morgan fingerprint density at radius 3 is 2.74 bits per heavy atom. The molecular weight excluding hydrogens is 244 g/mol. The average Bonchev–Trinajstić information content (AvgIpc) is 2.35. The van der Waals surface area contributed by atoms with Gasteiger partial charge in [-0.25, -0.2) is 0 Å². The second-order valence-electron chi connectivity index (χ2n) is 4.94. The molecule has 0 atom stereocenters. The molecule has 5 heteroatoms. The highest BCUT2D eigenvalue weighted by Crippen LogP contribution is 2.25. The first-order valence-corrected chi connectivity index (χ1v) is 6.63. The molecule has 0 unspecified atom stereocenters. The minimum atomic E-state index is -0.364. The highest BCUT2D eigenvalue weighted by molar-refractivity contribution is 5.62. The maximum atomic E-state index is 10.9. The maximum Gasteiger partial charge on any atom is 0.292 e. The van der Waals surface area contributed by atoms with E-state index in [2.05, 4.69) is 19.2 Å². The highest BCUT2D eigenvalue weighted by Gasteiger charge is 2.13. The number of nitrogens with zero attached hydrogens (tertiary/aromatic N) is 1. The third-order valence-corrected chi connectivity index (χ3v) is 2.54. The Morgan fingerprint density at radius 2 is 2.16 bits per heavy atom. The quantitative estimate of drug-likeness (QED) is 0.577. The molecule has 0 bridgehead atoms. The smallest absolute Gasteiger partial charge is 0.292 e. The molecule has 1 rings (SSSR count). The van der Waals surface area contributed by atoms with Crippen molar-refractivity contribution < 1.29 is 9.66 Å². The lowest BCUT2D eigenvalue weighted by Crippen LogP contribution is -2.05. The molecule has 0 aromatic heterocycles. The van der Waals surface area contributed by atoms with Gasteiger partial charge in [-0.15, -0.1) is 0 Å². The normalized spacial score (nSPS) is 10.7. The number of nitrogens with one attached hydrogen (secondary N) is 1. The van der Waals surface area contributed by atoms with E-state index in [-0.39, 0.29) is 10.6 Å². The van der Waals surface area contributed by atoms with Crippen molar-refractivity contribution in [2.24, 2.45) is 5.92 Å². The van der Waals surface area contributed by atoms with E-state index < -0.39 is 0 Å². The van der Waals surface area contributed by atoms with E-state index in [4.69, 9.17) is 4.74 Å². The topological polar surface area (TPSA) is 64.4 Å². The van der Waals surface area contributed by atoms with E-state index in [1.807, 2.05) is 6.92 Å². The lowest BCUT2D eigenvalue weighted by molar-refractivity contribution is -0.384. The second kappa shape index (κ2) is 7.74. The molecule has 1 aromatic carbocycles. The molecule has 0 aliphatic heterocycles. The first-order valence-electron chi connectivity index (χ1n) is 6.63. The highest BCUT2D eigenvalue weighted by atomic mass is 16.6. The summed E-state index contributed by atoms with van der Waals surface area (Å²) in [5.41, 5.74) is 1.63. The molecule has 1 N–H and O–H groups in total. The van der Waals surface area contributed by atoms with E-state index >= 15 is 0 Å². The monoisotopic (exact) mass is 266 g/mol. The van der Waals surface area contributed by atoms with Gasteiger partial charge in [-0.2, -0.15) is 0 Å². The van der Waals surface area contributed by atoms with Crippen molar-refractivity contribution in [3.63, 3.8) is 0 Å². The zero-order valence-corrected chi connectivity index (χ0v) is 11.8. The van der Waals surface area contributed by atoms with Gasteiger partial charge in [0.05, 0.1) is 11.5 Å². The third kappa shape index (κ3) is 5.26. The molecule has 0 aliphatic rings. The minimum absolute atomic E-state index is 0.112. The molecule has 0 amide bonds. The van der Waals surface area contributed by atoms with Gasteiger partial charge >= 0.3 is 0 Å². The van der Waals surface area contributed by atoms with E-state index in [1.54, 1.807) is 12.1 Å². The molecule has 0 heterocycles. The summed E-state index contributed by atoms with van der Waals surface area (Å²) in [6, 6.07) is 5.08. The van der Waals surface area contributed by atoms with Crippen molar-refractivity contribution in [3.05, 3.63) is 33.9 Å². The summed E-state index contributed by atoms with van der Waals surface area (Å²) in [5, 5.41) is 14.0. The zero-order valence-electron chi connectivity index (χ0n) is 11.8. The number of rotatable bonds is 8. The van der Waals surface area contributed by atoms with Crippen LogP contribution in [0.5, 0.6) is 0 Å². The number of nitro benzene ring substituents is 1. The first kappa shape index (κ1) is 15.4. The molecule has 1 aromatic rings. The van der Waals surface area contributed by atoms with Gasteiger partial charge in [0.25, 0.3) is 5.69 Å². The largest absolute Gasteiger partial charge is 0.379 e. The number of nitro groups is 1. The average molecular weight is 266 g/mol. The maximum absolute atomic E-state index is 10.9. The van der Waals surface area contributed by atoms with Gasteiger partial charge in [0.1, 0.15) is 5.69 Å². The molecule has 19 heavy (non-hydrogen) atoms. The molecule has 106 valence electrons. The second-order valence-corrected chi connectivity index (χ2v) is 4.94. The molecule has 0 saturated heterocycles. The lowest BCUT2D eigenvalue weighted by Gasteiger charge is -2.10. The predicted molar refractivity (Wildman–Crippen MR) is 76.4 cm³/mol. The van der Waals surface area contributed by atoms with E-state index in [9.17, 15) is 10.1 Å². The number of benzene rings is 1. The Morgan fingerprint density at radius 1 is 1.42 bits per heavy atom. The molecule has 0 aliphatic carbocycles. The summed E-state index contributed by atoms with van der Waals surface area (Å²) in [4.78, 5) is 10.6. The van der Waals surface area contributed by atoms with Crippen LogP contribution in [0.15, 0.2) is 18.2 Å².